The van der Waals surface area contributed by atoms with Gasteiger partial charge in [0, 0.05) is 12.4 Å². The second-order valence-electron chi connectivity index (χ2n) is 2.96. The van der Waals surface area contributed by atoms with Crippen molar-refractivity contribution in [3.8, 4) is 5.69 Å². The Morgan fingerprint density at radius 3 is 2.53 bits per heavy atom. The van der Waals surface area contributed by atoms with Crippen molar-refractivity contribution in [3.05, 3.63) is 42.7 Å². The molecule has 78 valence electrons. The van der Waals surface area contributed by atoms with Gasteiger partial charge in [-0.25, -0.2) is 18.2 Å². The third kappa shape index (κ3) is 1.90. The van der Waals surface area contributed by atoms with Crippen LogP contribution in [-0.4, -0.2) is 18.2 Å². The minimum atomic E-state index is -3.72. The van der Waals surface area contributed by atoms with Gasteiger partial charge in [0.2, 0.25) is 10.0 Å². The zero-order chi connectivity index (χ0) is 10.9. The Balaban J connectivity index is 2.68. The fourth-order valence-electron chi connectivity index (χ4n) is 1.30. The van der Waals surface area contributed by atoms with E-state index in [2.05, 4.69) is 5.10 Å². The predicted molar refractivity (Wildman–Crippen MR) is 54.9 cm³/mol. The van der Waals surface area contributed by atoms with Crippen LogP contribution in [0.5, 0.6) is 0 Å². The van der Waals surface area contributed by atoms with E-state index in [1.54, 1.807) is 36.7 Å². The van der Waals surface area contributed by atoms with Gasteiger partial charge in [0.25, 0.3) is 0 Å². The number of aromatic nitrogens is 2. The van der Waals surface area contributed by atoms with Crippen molar-refractivity contribution in [3.63, 3.8) is 0 Å². The third-order valence-electron chi connectivity index (χ3n) is 1.92. The molecule has 2 rings (SSSR count). The fourth-order valence-corrected chi connectivity index (χ4v) is 2.02. The lowest BCUT2D eigenvalue weighted by atomic mass is 10.3. The van der Waals surface area contributed by atoms with Crippen LogP contribution in [0.15, 0.2) is 47.6 Å². The Labute approximate surface area is 87.2 Å². The summed E-state index contributed by atoms with van der Waals surface area (Å²) in [6.45, 7) is 0. The van der Waals surface area contributed by atoms with E-state index in [9.17, 15) is 8.42 Å². The van der Waals surface area contributed by atoms with Gasteiger partial charge in [-0.3, -0.25) is 0 Å². The standard InChI is InChI=1S/C9H9N3O2S/c10-15(13,14)9-5-2-1-4-8(9)12-7-3-6-11-12/h1-7H,(H2,10,13,14). The summed E-state index contributed by atoms with van der Waals surface area (Å²) in [4.78, 5) is 0.0636. The van der Waals surface area contributed by atoms with Crippen LogP contribution in [0.3, 0.4) is 0 Å². The first-order chi connectivity index (χ1) is 7.09. The van der Waals surface area contributed by atoms with Gasteiger partial charge < -0.3 is 0 Å². The highest BCUT2D eigenvalue weighted by Gasteiger charge is 2.14. The number of para-hydroxylation sites is 1. The van der Waals surface area contributed by atoms with Gasteiger partial charge in [-0.05, 0) is 18.2 Å². The van der Waals surface area contributed by atoms with E-state index < -0.39 is 10.0 Å². The first-order valence-electron chi connectivity index (χ1n) is 4.21. The van der Waals surface area contributed by atoms with Crippen molar-refractivity contribution in [2.75, 3.05) is 0 Å². The van der Waals surface area contributed by atoms with Crippen LogP contribution >= 0.6 is 0 Å². The molecule has 1 aromatic carbocycles. The molecule has 5 nitrogen and oxygen atoms in total. The Morgan fingerprint density at radius 1 is 1.20 bits per heavy atom. The molecule has 0 amide bonds. The Morgan fingerprint density at radius 2 is 1.93 bits per heavy atom. The topological polar surface area (TPSA) is 78.0 Å². The first kappa shape index (κ1) is 9.88. The van der Waals surface area contributed by atoms with Crippen molar-refractivity contribution in [1.29, 1.82) is 0 Å². The van der Waals surface area contributed by atoms with Crippen LogP contribution in [0.1, 0.15) is 0 Å². The van der Waals surface area contributed by atoms with Crippen LogP contribution in [0, 0.1) is 0 Å². The number of benzene rings is 1. The number of hydrogen-bond donors (Lipinski definition) is 1. The van der Waals surface area contributed by atoms with Crippen LogP contribution in [0.4, 0.5) is 0 Å². The summed E-state index contributed by atoms with van der Waals surface area (Å²) in [7, 11) is -3.72. The highest BCUT2D eigenvalue weighted by Crippen LogP contribution is 2.16. The Hall–Kier alpha value is -1.66. The maximum atomic E-state index is 11.3. The Bertz CT molecular complexity index is 561. The molecule has 0 atom stereocenters. The van der Waals surface area contributed by atoms with Crippen LogP contribution < -0.4 is 5.14 Å². The molecule has 1 heterocycles. The van der Waals surface area contributed by atoms with E-state index in [1.807, 2.05) is 0 Å². The fraction of sp³-hybridized carbons (Fsp3) is 0. The molecule has 0 spiro atoms. The van der Waals surface area contributed by atoms with Crippen LogP contribution in [0.25, 0.3) is 5.69 Å². The van der Waals surface area contributed by atoms with Gasteiger partial charge in [0.15, 0.2) is 0 Å². The molecule has 0 fully saturated rings. The van der Waals surface area contributed by atoms with Gasteiger partial charge in [-0.1, -0.05) is 12.1 Å². The molecular weight excluding hydrogens is 214 g/mol. The third-order valence-corrected chi connectivity index (χ3v) is 2.88. The second kappa shape index (κ2) is 3.48. The van der Waals surface area contributed by atoms with Crippen molar-refractivity contribution in [2.45, 2.75) is 4.90 Å². The van der Waals surface area contributed by atoms with Crippen molar-refractivity contribution in [2.24, 2.45) is 5.14 Å². The lowest BCUT2D eigenvalue weighted by Crippen LogP contribution is -2.15. The van der Waals surface area contributed by atoms with E-state index in [0.717, 1.165) is 0 Å². The summed E-state index contributed by atoms with van der Waals surface area (Å²) < 4.78 is 24.0. The monoisotopic (exact) mass is 223 g/mol. The zero-order valence-corrected chi connectivity index (χ0v) is 8.55. The number of rotatable bonds is 2. The summed E-state index contributed by atoms with van der Waals surface area (Å²) in [6.07, 6.45) is 3.23. The minimum absolute atomic E-state index is 0.0636. The molecule has 2 aromatic rings. The van der Waals surface area contributed by atoms with Gasteiger partial charge in [0.1, 0.15) is 4.90 Å². The van der Waals surface area contributed by atoms with Crippen molar-refractivity contribution >= 4 is 10.0 Å². The molecule has 0 saturated carbocycles. The molecule has 1 aromatic heterocycles. The lowest BCUT2D eigenvalue weighted by Gasteiger charge is -2.06. The van der Waals surface area contributed by atoms with E-state index in [1.165, 1.54) is 10.7 Å². The number of sulfonamides is 1. The van der Waals surface area contributed by atoms with Crippen molar-refractivity contribution < 1.29 is 8.42 Å². The molecule has 0 aliphatic rings. The minimum Gasteiger partial charge on any atom is -0.240 e. The Kier molecular flexibility index (Phi) is 2.29. The normalized spacial score (nSPS) is 11.5. The van der Waals surface area contributed by atoms with E-state index >= 15 is 0 Å². The summed E-state index contributed by atoms with van der Waals surface area (Å²) in [6, 6.07) is 8.15. The number of hydrogen-bond acceptors (Lipinski definition) is 3. The van der Waals surface area contributed by atoms with Gasteiger partial charge in [-0.15, -0.1) is 0 Å². The lowest BCUT2D eigenvalue weighted by molar-refractivity contribution is 0.596. The molecule has 15 heavy (non-hydrogen) atoms. The van der Waals surface area contributed by atoms with Crippen LogP contribution in [0.2, 0.25) is 0 Å². The molecule has 0 saturated heterocycles. The molecular formula is C9H9N3O2S. The first-order valence-corrected chi connectivity index (χ1v) is 5.75. The number of primary sulfonamides is 1. The quantitative estimate of drug-likeness (QED) is 0.806. The molecule has 0 radical (unpaired) electrons. The van der Waals surface area contributed by atoms with Crippen LogP contribution in [-0.2, 0) is 10.0 Å². The summed E-state index contributed by atoms with van der Waals surface area (Å²) >= 11 is 0. The molecule has 0 aliphatic heterocycles. The molecule has 2 N–H and O–H groups in total. The van der Waals surface area contributed by atoms with E-state index in [-0.39, 0.29) is 4.90 Å². The second-order valence-corrected chi connectivity index (χ2v) is 4.49. The number of nitrogens with two attached hydrogens (primary N) is 1. The summed E-state index contributed by atoms with van der Waals surface area (Å²) in [5.41, 5.74) is 0.449. The molecule has 0 aliphatic carbocycles. The summed E-state index contributed by atoms with van der Waals surface area (Å²) in [5.74, 6) is 0. The average Bonchev–Trinajstić information content (AvgIpc) is 2.69. The van der Waals surface area contributed by atoms with Gasteiger partial charge in [-0.2, -0.15) is 5.10 Å². The maximum absolute atomic E-state index is 11.3. The predicted octanol–water partition coefficient (Wildman–Crippen LogP) is 0.520. The zero-order valence-electron chi connectivity index (χ0n) is 7.74. The highest BCUT2D eigenvalue weighted by atomic mass is 32.2. The summed E-state index contributed by atoms with van der Waals surface area (Å²) in [5, 5.41) is 9.05. The number of nitrogens with zero attached hydrogens (tertiary/aromatic N) is 2. The molecule has 6 heteroatoms. The van der Waals surface area contributed by atoms with Crippen molar-refractivity contribution in [1.82, 2.24) is 9.78 Å². The maximum Gasteiger partial charge on any atom is 0.240 e. The highest BCUT2D eigenvalue weighted by molar-refractivity contribution is 7.89. The van der Waals surface area contributed by atoms with E-state index in [4.69, 9.17) is 5.14 Å². The van der Waals surface area contributed by atoms with Gasteiger partial charge in [0.05, 0.1) is 5.69 Å². The van der Waals surface area contributed by atoms with E-state index in [0.29, 0.717) is 5.69 Å². The average molecular weight is 223 g/mol. The molecule has 0 bridgehead atoms. The smallest absolute Gasteiger partial charge is 0.240 e. The largest absolute Gasteiger partial charge is 0.240 e. The van der Waals surface area contributed by atoms with Gasteiger partial charge >= 0.3 is 0 Å². The SMILES string of the molecule is NS(=O)(=O)c1ccccc1-n1cccn1. The molecule has 0 unspecified atom stereocenters.